The molecule has 4 rings (SSSR count). The number of amides is 1. The molecule has 6 nitrogen and oxygen atoms in total. The number of hydrogen-bond acceptors (Lipinski definition) is 5. The highest BCUT2D eigenvalue weighted by molar-refractivity contribution is 7.92. The molecule has 22 heavy (non-hydrogen) atoms. The maximum absolute atomic E-state index is 12.6. The highest BCUT2D eigenvalue weighted by Gasteiger charge is 2.50. The van der Waals surface area contributed by atoms with E-state index in [4.69, 9.17) is 4.42 Å². The molecule has 2 saturated heterocycles. The Morgan fingerprint density at radius 3 is 2.73 bits per heavy atom. The first-order valence-electron chi connectivity index (χ1n) is 7.01. The third-order valence-electron chi connectivity index (χ3n) is 4.44. The van der Waals surface area contributed by atoms with Gasteiger partial charge in [-0.2, -0.15) is 0 Å². The maximum Gasteiger partial charge on any atom is 0.349 e. The summed E-state index contributed by atoms with van der Waals surface area (Å²) >= 11 is 0. The Labute approximate surface area is 126 Å². The van der Waals surface area contributed by atoms with E-state index in [0.717, 1.165) is 0 Å². The van der Waals surface area contributed by atoms with Gasteiger partial charge in [0.2, 0.25) is 0 Å². The van der Waals surface area contributed by atoms with Crippen molar-refractivity contribution in [3.05, 3.63) is 46.3 Å². The first-order chi connectivity index (χ1) is 10.5. The van der Waals surface area contributed by atoms with E-state index in [0.29, 0.717) is 17.4 Å². The second-order valence-electron chi connectivity index (χ2n) is 5.78. The number of sulfone groups is 1. The van der Waals surface area contributed by atoms with Crippen LogP contribution < -0.4 is 5.63 Å². The first kappa shape index (κ1) is 13.5. The third-order valence-corrected chi connectivity index (χ3v) is 6.65. The molecule has 0 saturated carbocycles. The zero-order chi connectivity index (χ0) is 15.5. The van der Waals surface area contributed by atoms with Gasteiger partial charge >= 0.3 is 5.63 Å². The topological polar surface area (TPSA) is 84.7 Å². The van der Waals surface area contributed by atoms with Crippen LogP contribution in [0.4, 0.5) is 0 Å². The lowest BCUT2D eigenvalue weighted by Gasteiger charge is -2.26. The molecule has 0 aliphatic carbocycles. The zero-order valence-corrected chi connectivity index (χ0v) is 12.4. The Balaban J connectivity index is 1.73. The Kier molecular flexibility index (Phi) is 2.72. The van der Waals surface area contributed by atoms with Gasteiger partial charge in [0.25, 0.3) is 5.91 Å². The fraction of sp³-hybridized carbons (Fsp3) is 0.333. The minimum atomic E-state index is -3.08. The van der Waals surface area contributed by atoms with E-state index in [1.807, 2.05) is 0 Å². The summed E-state index contributed by atoms with van der Waals surface area (Å²) in [5.41, 5.74) is -0.299. The van der Waals surface area contributed by atoms with Crippen molar-refractivity contribution in [1.82, 2.24) is 4.90 Å². The molecule has 1 amide bonds. The molecular weight excluding hydrogens is 306 g/mol. The predicted molar refractivity (Wildman–Crippen MR) is 79.5 cm³/mol. The van der Waals surface area contributed by atoms with E-state index in [2.05, 4.69) is 0 Å². The van der Waals surface area contributed by atoms with Crippen molar-refractivity contribution in [3.8, 4) is 0 Å². The number of hydrogen-bond donors (Lipinski definition) is 0. The minimum absolute atomic E-state index is 0.0116. The van der Waals surface area contributed by atoms with Crippen LogP contribution in [0.2, 0.25) is 0 Å². The number of carbonyl (C=O) groups excluding carboxylic acids is 1. The van der Waals surface area contributed by atoms with Crippen molar-refractivity contribution < 1.29 is 17.6 Å². The number of fused-ring (bicyclic) bond motifs is 3. The van der Waals surface area contributed by atoms with Gasteiger partial charge in [-0.05, 0) is 18.6 Å². The molecule has 2 aromatic rings. The van der Waals surface area contributed by atoms with Gasteiger partial charge in [0.15, 0.2) is 9.84 Å². The van der Waals surface area contributed by atoms with E-state index >= 15 is 0 Å². The fourth-order valence-electron chi connectivity index (χ4n) is 3.31. The van der Waals surface area contributed by atoms with Gasteiger partial charge in [-0.3, -0.25) is 4.79 Å². The molecule has 114 valence electrons. The maximum atomic E-state index is 12.6. The number of para-hydroxylation sites is 1. The molecule has 1 aromatic carbocycles. The molecule has 2 bridgehead atoms. The number of carbonyl (C=O) groups is 1. The van der Waals surface area contributed by atoms with Crippen molar-refractivity contribution in [3.63, 3.8) is 0 Å². The average Bonchev–Trinajstić information content (AvgIpc) is 3.01. The molecule has 2 aliphatic heterocycles. The van der Waals surface area contributed by atoms with E-state index < -0.39 is 26.6 Å². The molecule has 0 spiro atoms. The molecule has 0 N–H and O–H groups in total. The summed E-state index contributed by atoms with van der Waals surface area (Å²) in [4.78, 5) is 26.1. The number of benzene rings is 1. The molecule has 2 fully saturated rings. The molecule has 7 heteroatoms. The third kappa shape index (κ3) is 1.89. The van der Waals surface area contributed by atoms with E-state index in [-0.39, 0.29) is 23.9 Å². The first-order valence-corrected chi connectivity index (χ1v) is 8.73. The summed E-state index contributed by atoms with van der Waals surface area (Å²) in [5, 5.41) is 0.177. The van der Waals surface area contributed by atoms with Gasteiger partial charge in [-0.1, -0.05) is 18.2 Å². The fourth-order valence-corrected chi connectivity index (χ4v) is 5.34. The largest absolute Gasteiger partial charge is 0.422 e. The van der Waals surface area contributed by atoms with Crippen molar-refractivity contribution in [2.24, 2.45) is 0 Å². The second-order valence-corrected chi connectivity index (χ2v) is 8.11. The van der Waals surface area contributed by atoms with Crippen molar-refractivity contribution in [1.29, 1.82) is 0 Å². The van der Waals surface area contributed by atoms with E-state index in [9.17, 15) is 18.0 Å². The second kappa shape index (κ2) is 4.42. The summed E-state index contributed by atoms with van der Waals surface area (Å²) < 4.78 is 28.7. The lowest BCUT2D eigenvalue weighted by molar-refractivity contribution is 0.0742. The summed E-state index contributed by atoms with van der Waals surface area (Å²) in [5.74, 6) is -0.454. The van der Waals surface area contributed by atoms with Crippen LogP contribution in [-0.4, -0.2) is 42.8 Å². The smallest absolute Gasteiger partial charge is 0.349 e. The van der Waals surface area contributed by atoms with Crippen molar-refractivity contribution in [2.45, 2.75) is 17.7 Å². The van der Waals surface area contributed by atoms with E-state index in [1.54, 1.807) is 24.3 Å². The minimum Gasteiger partial charge on any atom is -0.422 e. The van der Waals surface area contributed by atoms with Crippen LogP contribution in [-0.2, 0) is 9.84 Å². The van der Waals surface area contributed by atoms with Crippen LogP contribution in [0.5, 0.6) is 0 Å². The molecule has 1 aromatic heterocycles. The predicted octanol–water partition coefficient (Wildman–Crippen LogP) is 0.805. The molecular formula is C15H13NO5S. The lowest BCUT2D eigenvalue weighted by atomic mass is 10.1. The Morgan fingerprint density at radius 2 is 2.05 bits per heavy atom. The van der Waals surface area contributed by atoms with Crippen molar-refractivity contribution >= 4 is 26.7 Å². The molecule has 2 unspecified atom stereocenters. The summed E-state index contributed by atoms with van der Waals surface area (Å²) in [6.07, 6.45) is 0.465. The van der Waals surface area contributed by atoms with Gasteiger partial charge in [0.1, 0.15) is 11.1 Å². The average molecular weight is 319 g/mol. The molecule has 2 atom stereocenters. The van der Waals surface area contributed by atoms with Crippen LogP contribution in [0, 0.1) is 0 Å². The SMILES string of the molecule is O=C(c1cc2ccccc2oc1=O)N1CC2CC1CS2(=O)=O. The van der Waals surface area contributed by atoms with E-state index in [1.165, 1.54) is 11.0 Å². The van der Waals surface area contributed by atoms with Crippen LogP contribution in [0.3, 0.4) is 0 Å². The highest BCUT2D eigenvalue weighted by Crippen LogP contribution is 2.33. The van der Waals surface area contributed by atoms with Crippen LogP contribution in [0.15, 0.2) is 39.5 Å². The number of likely N-dealkylation sites (tertiary alicyclic amines) is 1. The van der Waals surface area contributed by atoms with Crippen LogP contribution in [0.25, 0.3) is 11.0 Å². The van der Waals surface area contributed by atoms with Gasteiger partial charge in [0.05, 0.1) is 11.0 Å². The molecule has 0 radical (unpaired) electrons. The Hall–Kier alpha value is -2.15. The van der Waals surface area contributed by atoms with Gasteiger partial charge < -0.3 is 9.32 Å². The normalized spacial score (nSPS) is 25.7. The monoisotopic (exact) mass is 319 g/mol. The summed E-state index contributed by atoms with van der Waals surface area (Å²) in [7, 11) is -3.08. The quantitative estimate of drug-likeness (QED) is 0.726. The molecule has 2 aliphatic rings. The highest BCUT2D eigenvalue weighted by atomic mass is 32.2. The Morgan fingerprint density at radius 1 is 1.27 bits per heavy atom. The van der Waals surface area contributed by atoms with Crippen LogP contribution >= 0.6 is 0 Å². The van der Waals surface area contributed by atoms with Crippen LogP contribution in [0.1, 0.15) is 16.8 Å². The Bertz CT molecular complexity index is 946. The zero-order valence-electron chi connectivity index (χ0n) is 11.6. The number of rotatable bonds is 1. The summed E-state index contributed by atoms with van der Waals surface area (Å²) in [6, 6.07) is 8.15. The standard InChI is InChI=1S/C15H13NO5S/c17-14(16-7-11-6-10(16)8-22(11,19)20)12-5-9-3-1-2-4-13(9)21-15(12)18/h1-5,10-11H,6-8H2. The number of nitrogens with zero attached hydrogens (tertiary/aromatic N) is 1. The van der Waals surface area contributed by atoms with Crippen molar-refractivity contribution in [2.75, 3.05) is 12.3 Å². The van der Waals surface area contributed by atoms with Gasteiger partial charge in [-0.25, -0.2) is 13.2 Å². The molecule has 3 heterocycles. The summed E-state index contributed by atoms with van der Waals surface area (Å²) in [6.45, 7) is 0.165. The lowest BCUT2D eigenvalue weighted by Crippen LogP contribution is -2.45. The van der Waals surface area contributed by atoms with Gasteiger partial charge in [0, 0.05) is 18.0 Å². The van der Waals surface area contributed by atoms with Gasteiger partial charge in [-0.15, -0.1) is 0 Å².